The molecule has 1 aromatic carbocycles. The normalized spacial score (nSPS) is 10.9. The van der Waals surface area contributed by atoms with Gasteiger partial charge in [-0.15, -0.1) is 22.7 Å². The fourth-order valence-corrected chi connectivity index (χ4v) is 4.36. The highest BCUT2D eigenvalue weighted by Gasteiger charge is 2.09. The van der Waals surface area contributed by atoms with Gasteiger partial charge in [-0.3, -0.25) is 4.79 Å². The monoisotopic (exact) mass is 374 g/mol. The number of hydrogen-bond donors (Lipinski definition) is 2. The number of benzene rings is 1. The Morgan fingerprint density at radius 2 is 1.96 bits per heavy atom. The number of carbonyl (C=O) groups is 2. The molecule has 0 atom stereocenters. The lowest BCUT2D eigenvalue weighted by Crippen LogP contribution is -2.25. The van der Waals surface area contributed by atoms with Gasteiger partial charge in [-0.2, -0.15) is 0 Å². The minimum absolute atomic E-state index is 0.0227. The predicted octanol–water partition coefficient (Wildman–Crippen LogP) is 3.74. The van der Waals surface area contributed by atoms with Crippen LogP contribution in [0.4, 0.5) is 0 Å². The Bertz CT molecular complexity index is 885. The average molecular weight is 374 g/mol. The summed E-state index contributed by atoms with van der Waals surface area (Å²) in [6, 6.07) is 8.32. The molecule has 0 aliphatic rings. The first-order valence-corrected chi connectivity index (χ1v) is 9.79. The first-order chi connectivity index (χ1) is 12.1. The fraction of sp³-hybridized carbons (Fsp3) is 0.278. The minimum atomic E-state index is -1.02. The van der Waals surface area contributed by atoms with E-state index in [1.54, 1.807) is 11.3 Å². The van der Waals surface area contributed by atoms with Crippen LogP contribution < -0.4 is 5.32 Å². The molecular formula is C18H18N2O3S2. The van der Waals surface area contributed by atoms with Gasteiger partial charge in [-0.1, -0.05) is 18.2 Å². The molecule has 0 saturated heterocycles. The maximum Gasteiger partial charge on any atom is 0.355 e. The SMILES string of the molecule is O=C(CCCc1csc2ccccc12)NCCc1nc(C(=O)O)cs1. The lowest BCUT2D eigenvalue weighted by atomic mass is 10.1. The summed E-state index contributed by atoms with van der Waals surface area (Å²) in [4.78, 5) is 26.7. The number of rotatable bonds is 8. The number of nitrogens with zero attached hydrogens (tertiary/aromatic N) is 1. The number of carboxylic acids is 1. The van der Waals surface area contributed by atoms with Gasteiger partial charge in [0.15, 0.2) is 5.69 Å². The van der Waals surface area contributed by atoms with E-state index in [0.29, 0.717) is 19.4 Å². The third-order valence-corrected chi connectivity index (χ3v) is 5.76. The second-order valence-electron chi connectivity index (χ2n) is 5.64. The number of carboxylic acid groups (broad SMARTS) is 1. The van der Waals surface area contributed by atoms with Crippen LogP contribution >= 0.6 is 22.7 Å². The standard InChI is InChI=1S/C18H18N2O3S2/c21-16(19-9-8-17-20-14(11-25-17)18(22)23)7-3-4-12-10-24-15-6-2-1-5-13(12)15/h1-2,5-6,10-11H,3-4,7-9H2,(H,19,21)(H,22,23). The number of thiophene rings is 1. The molecule has 5 nitrogen and oxygen atoms in total. The number of fused-ring (bicyclic) bond motifs is 1. The molecule has 130 valence electrons. The molecule has 0 saturated carbocycles. The molecule has 0 spiro atoms. The summed E-state index contributed by atoms with van der Waals surface area (Å²) in [5.41, 5.74) is 1.37. The highest BCUT2D eigenvalue weighted by molar-refractivity contribution is 7.17. The van der Waals surface area contributed by atoms with Crippen molar-refractivity contribution in [3.63, 3.8) is 0 Å². The van der Waals surface area contributed by atoms with Gasteiger partial charge in [-0.05, 0) is 35.2 Å². The number of nitrogens with one attached hydrogen (secondary N) is 1. The first-order valence-electron chi connectivity index (χ1n) is 8.03. The summed E-state index contributed by atoms with van der Waals surface area (Å²) in [5.74, 6) is -0.998. The number of aryl methyl sites for hydroxylation is 1. The maximum atomic E-state index is 11.9. The Morgan fingerprint density at radius 3 is 2.76 bits per heavy atom. The zero-order valence-electron chi connectivity index (χ0n) is 13.5. The number of aromatic nitrogens is 1. The molecule has 0 aliphatic heterocycles. The molecule has 0 radical (unpaired) electrons. The predicted molar refractivity (Wildman–Crippen MR) is 101 cm³/mol. The van der Waals surface area contributed by atoms with Crippen LogP contribution in [0.15, 0.2) is 35.0 Å². The molecule has 25 heavy (non-hydrogen) atoms. The molecule has 0 aliphatic carbocycles. The van der Waals surface area contributed by atoms with Crippen LogP contribution in [0.2, 0.25) is 0 Å². The third-order valence-electron chi connectivity index (χ3n) is 3.84. The van der Waals surface area contributed by atoms with Gasteiger partial charge in [-0.25, -0.2) is 9.78 Å². The van der Waals surface area contributed by atoms with Crippen LogP contribution in [0.3, 0.4) is 0 Å². The van der Waals surface area contributed by atoms with Gasteiger partial charge in [0.05, 0.1) is 5.01 Å². The lowest BCUT2D eigenvalue weighted by molar-refractivity contribution is -0.121. The molecular weight excluding hydrogens is 356 g/mol. The Morgan fingerprint density at radius 1 is 1.12 bits per heavy atom. The van der Waals surface area contributed by atoms with Crippen molar-refractivity contribution in [2.75, 3.05) is 6.54 Å². The Labute approximate surface area is 153 Å². The van der Waals surface area contributed by atoms with Gasteiger partial charge in [0.2, 0.25) is 5.91 Å². The highest BCUT2D eigenvalue weighted by atomic mass is 32.1. The quantitative estimate of drug-likeness (QED) is 0.629. The van der Waals surface area contributed by atoms with Crippen molar-refractivity contribution in [2.24, 2.45) is 0 Å². The number of thiazole rings is 1. The molecule has 0 bridgehead atoms. The lowest BCUT2D eigenvalue weighted by Gasteiger charge is -2.04. The van der Waals surface area contributed by atoms with E-state index >= 15 is 0 Å². The van der Waals surface area contributed by atoms with E-state index in [1.807, 2.05) is 12.1 Å². The van der Waals surface area contributed by atoms with Crippen molar-refractivity contribution in [3.05, 3.63) is 51.3 Å². The zero-order chi connectivity index (χ0) is 17.6. The number of amides is 1. The Balaban J connectivity index is 1.38. The number of aromatic carboxylic acids is 1. The molecule has 7 heteroatoms. The fourth-order valence-electron chi connectivity index (χ4n) is 2.59. The van der Waals surface area contributed by atoms with Crippen LogP contribution in [0.25, 0.3) is 10.1 Å². The molecule has 2 N–H and O–H groups in total. The van der Waals surface area contributed by atoms with E-state index in [-0.39, 0.29) is 11.6 Å². The van der Waals surface area contributed by atoms with E-state index in [0.717, 1.165) is 17.8 Å². The Hall–Kier alpha value is -2.25. The molecule has 3 rings (SSSR count). The summed E-state index contributed by atoms with van der Waals surface area (Å²) < 4.78 is 1.28. The third kappa shape index (κ3) is 4.64. The van der Waals surface area contributed by atoms with E-state index in [2.05, 4.69) is 27.8 Å². The maximum absolute atomic E-state index is 11.9. The molecule has 2 heterocycles. The summed E-state index contributed by atoms with van der Waals surface area (Å²) in [5, 5.41) is 17.4. The van der Waals surface area contributed by atoms with Crippen LogP contribution in [-0.4, -0.2) is 28.5 Å². The van der Waals surface area contributed by atoms with Crippen LogP contribution in [-0.2, 0) is 17.6 Å². The summed E-state index contributed by atoms with van der Waals surface area (Å²) in [6.07, 6.45) is 2.75. The number of carbonyl (C=O) groups excluding carboxylic acids is 1. The summed E-state index contributed by atoms with van der Waals surface area (Å²) >= 11 is 3.04. The van der Waals surface area contributed by atoms with Crippen LogP contribution in [0.5, 0.6) is 0 Å². The molecule has 0 fully saturated rings. The molecule has 0 unspecified atom stereocenters. The summed E-state index contributed by atoms with van der Waals surface area (Å²) in [6.45, 7) is 0.479. The minimum Gasteiger partial charge on any atom is -0.476 e. The summed E-state index contributed by atoms with van der Waals surface area (Å²) in [7, 11) is 0. The van der Waals surface area contributed by atoms with Gasteiger partial charge in [0, 0.05) is 29.5 Å². The van der Waals surface area contributed by atoms with Crippen LogP contribution in [0.1, 0.15) is 33.9 Å². The van der Waals surface area contributed by atoms with Crippen molar-refractivity contribution >= 4 is 44.6 Å². The van der Waals surface area contributed by atoms with Crippen molar-refractivity contribution < 1.29 is 14.7 Å². The second kappa shape index (κ2) is 8.22. The van der Waals surface area contributed by atoms with E-state index < -0.39 is 5.97 Å². The van der Waals surface area contributed by atoms with E-state index in [1.165, 1.54) is 32.4 Å². The highest BCUT2D eigenvalue weighted by Crippen LogP contribution is 2.26. The van der Waals surface area contributed by atoms with Crippen molar-refractivity contribution in [3.8, 4) is 0 Å². The number of hydrogen-bond acceptors (Lipinski definition) is 5. The second-order valence-corrected chi connectivity index (χ2v) is 7.50. The van der Waals surface area contributed by atoms with E-state index in [9.17, 15) is 9.59 Å². The van der Waals surface area contributed by atoms with Gasteiger partial charge >= 0.3 is 5.97 Å². The van der Waals surface area contributed by atoms with E-state index in [4.69, 9.17) is 5.11 Å². The van der Waals surface area contributed by atoms with Crippen LogP contribution in [0, 0.1) is 0 Å². The van der Waals surface area contributed by atoms with Crippen molar-refractivity contribution in [2.45, 2.75) is 25.7 Å². The van der Waals surface area contributed by atoms with Gasteiger partial charge in [0.25, 0.3) is 0 Å². The smallest absolute Gasteiger partial charge is 0.355 e. The molecule has 3 aromatic rings. The molecule has 1 amide bonds. The van der Waals surface area contributed by atoms with Crippen molar-refractivity contribution in [1.82, 2.24) is 10.3 Å². The van der Waals surface area contributed by atoms with Gasteiger partial charge < -0.3 is 10.4 Å². The van der Waals surface area contributed by atoms with Gasteiger partial charge in [0.1, 0.15) is 0 Å². The topological polar surface area (TPSA) is 79.3 Å². The Kier molecular flexibility index (Phi) is 5.78. The first kappa shape index (κ1) is 17.6. The largest absolute Gasteiger partial charge is 0.476 e. The average Bonchev–Trinajstić information content (AvgIpc) is 3.22. The zero-order valence-corrected chi connectivity index (χ0v) is 15.2. The van der Waals surface area contributed by atoms with Crippen molar-refractivity contribution in [1.29, 1.82) is 0 Å². The molecule has 2 aromatic heterocycles.